The highest BCUT2D eigenvalue weighted by molar-refractivity contribution is 9.10. The zero-order valence-electron chi connectivity index (χ0n) is 16.5. The first-order valence-corrected chi connectivity index (χ1v) is 10.5. The molecule has 1 aliphatic rings. The monoisotopic (exact) mass is 503 g/mol. The molecule has 0 aromatic heterocycles. The van der Waals surface area contributed by atoms with Crippen LogP contribution in [0, 0.1) is 0 Å². The second-order valence-corrected chi connectivity index (χ2v) is 8.45. The van der Waals surface area contributed by atoms with Gasteiger partial charge in [-0.2, -0.15) is 13.2 Å². The van der Waals surface area contributed by atoms with Gasteiger partial charge in [0.05, 0.1) is 11.6 Å². The average molecular weight is 504 g/mol. The topological polar surface area (TPSA) is 57.6 Å². The summed E-state index contributed by atoms with van der Waals surface area (Å²) in [6.07, 6.45) is -4.52. The summed E-state index contributed by atoms with van der Waals surface area (Å²) in [7, 11) is 0. The van der Waals surface area contributed by atoms with Gasteiger partial charge in [0.25, 0.3) is 5.91 Å². The zero-order chi connectivity index (χ0) is 23.0. The quantitative estimate of drug-likeness (QED) is 0.472. The number of nitrogens with zero attached hydrogens (tertiary/aromatic N) is 1. The molecule has 1 N–H and O–H groups in total. The van der Waals surface area contributed by atoms with Gasteiger partial charge in [0.1, 0.15) is 5.92 Å². The van der Waals surface area contributed by atoms with E-state index in [4.69, 9.17) is 0 Å². The molecule has 0 fully saturated rings. The van der Waals surface area contributed by atoms with E-state index in [-0.39, 0.29) is 17.7 Å². The molecule has 0 bridgehead atoms. The van der Waals surface area contributed by atoms with Crippen molar-refractivity contribution in [1.82, 2.24) is 4.90 Å². The number of hydrogen-bond acceptors (Lipinski definition) is 2. The van der Waals surface area contributed by atoms with Crippen molar-refractivity contribution in [2.45, 2.75) is 24.7 Å². The van der Waals surface area contributed by atoms with Gasteiger partial charge in [-0.25, -0.2) is 0 Å². The molecule has 4 nitrogen and oxygen atoms in total. The number of halogens is 4. The summed E-state index contributed by atoms with van der Waals surface area (Å²) in [5.74, 6) is -2.62. The predicted octanol–water partition coefficient (Wildman–Crippen LogP) is 6.03. The van der Waals surface area contributed by atoms with Crippen molar-refractivity contribution in [2.75, 3.05) is 0 Å². The minimum Gasteiger partial charge on any atom is -0.481 e. The van der Waals surface area contributed by atoms with Crippen molar-refractivity contribution in [3.63, 3.8) is 0 Å². The molecule has 0 aliphatic carbocycles. The number of amides is 1. The van der Waals surface area contributed by atoms with Gasteiger partial charge in [0, 0.05) is 16.6 Å². The highest BCUT2D eigenvalue weighted by atomic mass is 79.9. The van der Waals surface area contributed by atoms with Crippen LogP contribution in [0.3, 0.4) is 0 Å². The lowest BCUT2D eigenvalue weighted by atomic mass is 9.79. The van der Waals surface area contributed by atoms with E-state index in [1.807, 2.05) is 0 Å². The van der Waals surface area contributed by atoms with Crippen molar-refractivity contribution in [2.24, 2.45) is 0 Å². The van der Waals surface area contributed by atoms with Gasteiger partial charge in [0.15, 0.2) is 0 Å². The second-order valence-electron chi connectivity index (χ2n) is 7.53. The highest BCUT2D eigenvalue weighted by Crippen LogP contribution is 2.44. The molecule has 2 unspecified atom stereocenters. The van der Waals surface area contributed by atoms with Gasteiger partial charge < -0.3 is 10.0 Å². The zero-order valence-corrected chi connectivity index (χ0v) is 18.1. The fraction of sp³-hybridized carbons (Fsp3) is 0.167. The molecule has 1 heterocycles. The predicted molar refractivity (Wildman–Crippen MR) is 115 cm³/mol. The maximum absolute atomic E-state index is 13.4. The van der Waals surface area contributed by atoms with Crippen LogP contribution in [0.4, 0.5) is 13.2 Å². The van der Waals surface area contributed by atoms with E-state index in [0.29, 0.717) is 11.1 Å². The van der Waals surface area contributed by atoms with Crippen LogP contribution in [0.1, 0.15) is 44.6 Å². The first-order chi connectivity index (χ1) is 15.2. The molecule has 1 amide bonds. The Bertz CT molecular complexity index is 1180. The molecule has 1 aliphatic heterocycles. The number of benzene rings is 3. The number of carbonyl (C=O) groups excluding carboxylic acids is 1. The summed E-state index contributed by atoms with van der Waals surface area (Å²) in [5.41, 5.74) is 0.641. The fourth-order valence-electron chi connectivity index (χ4n) is 4.11. The third-order valence-electron chi connectivity index (χ3n) is 5.52. The number of carboxylic acid groups (broad SMARTS) is 1. The Morgan fingerprint density at radius 3 is 2.34 bits per heavy atom. The third-order valence-corrected chi connectivity index (χ3v) is 6.05. The number of alkyl halides is 3. The van der Waals surface area contributed by atoms with Crippen molar-refractivity contribution in [1.29, 1.82) is 0 Å². The molecule has 0 spiro atoms. The maximum atomic E-state index is 13.4. The van der Waals surface area contributed by atoms with Crippen molar-refractivity contribution < 1.29 is 27.9 Å². The number of carbonyl (C=O) groups is 2. The average Bonchev–Trinajstić information content (AvgIpc) is 2.75. The normalized spacial score (nSPS) is 18.4. The SMILES string of the molecule is O=C(O)C1c2ccccc2C(=O)N(Cc2cccc(C(F)(F)F)c2)C1c1ccc(Br)cc1. The molecule has 0 saturated carbocycles. The van der Waals surface area contributed by atoms with E-state index in [0.717, 1.165) is 16.6 Å². The molecule has 32 heavy (non-hydrogen) atoms. The van der Waals surface area contributed by atoms with E-state index in [2.05, 4.69) is 15.9 Å². The van der Waals surface area contributed by atoms with E-state index in [9.17, 15) is 27.9 Å². The molecule has 3 aromatic carbocycles. The number of hydrogen-bond donors (Lipinski definition) is 1. The van der Waals surface area contributed by atoms with Gasteiger partial charge in [-0.05, 0) is 47.0 Å². The lowest BCUT2D eigenvalue weighted by Gasteiger charge is -2.41. The minimum atomic E-state index is -4.52. The molecule has 0 saturated heterocycles. The van der Waals surface area contributed by atoms with Crippen LogP contribution in [0.2, 0.25) is 0 Å². The maximum Gasteiger partial charge on any atom is 0.416 e. The van der Waals surface area contributed by atoms with Crippen molar-refractivity contribution in [3.05, 3.63) is 105 Å². The van der Waals surface area contributed by atoms with Gasteiger partial charge in [0.2, 0.25) is 0 Å². The fourth-order valence-corrected chi connectivity index (χ4v) is 4.37. The van der Waals surface area contributed by atoms with E-state index in [1.54, 1.807) is 48.5 Å². The number of rotatable bonds is 4. The molecule has 164 valence electrons. The summed E-state index contributed by atoms with van der Waals surface area (Å²) in [4.78, 5) is 27.1. The molecular weight excluding hydrogens is 487 g/mol. The first kappa shape index (κ1) is 22.1. The van der Waals surface area contributed by atoms with E-state index < -0.39 is 35.6 Å². The summed E-state index contributed by atoms with van der Waals surface area (Å²) in [5, 5.41) is 10.1. The summed E-state index contributed by atoms with van der Waals surface area (Å²) in [6, 6.07) is 17.2. The molecular formula is C24H17BrF3NO3. The molecule has 2 atom stereocenters. The Labute approximate surface area is 190 Å². The van der Waals surface area contributed by atoms with Crippen molar-refractivity contribution in [3.8, 4) is 0 Å². The highest BCUT2D eigenvalue weighted by Gasteiger charge is 2.44. The standard InChI is InChI=1S/C24H17BrF3NO3/c25-17-10-8-15(9-11-17)21-20(23(31)32)18-6-1-2-7-19(18)22(30)29(21)13-14-4-3-5-16(12-14)24(26,27)28/h1-12,20-21H,13H2,(H,31,32). The largest absolute Gasteiger partial charge is 0.481 e. The van der Waals surface area contributed by atoms with Crippen LogP contribution in [0.5, 0.6) is 0 Å². The van der Waals surface area contributed by atoms with Gasteiger partial charge in [-0.3, -0.25) is 9.59 Å². The minimum absolute atomic E-state index is 0.165. The van der Waals surface area contributed by atoms with Gasteiger partial charge in [-0.15, -0.1) is 0 Å². The molecule has 0 radical (unpaired) electrons. The van der Waals surface area contributed by atoms with Gasteiger partial charge >= 0.3 is 12.1 Å². The Morgan fingerprint density at radius 1 is 1.00 bits per heavy atom. The Hall–Kier alpha value is -3.13. The Kier molecular flexibility index (Phi) is 5.81. The van der Waals surface area contributed by atoms with Crippen molar-refractivity contribution >= 4 is 27.8 Å². The van der Waals surface area contributed by atoms with Crippen LogP contribution < -0.4 is 0 Å². The number of aliphatic carboxylic acids is 1. The van der Waals surface area contributed by atoms with E-state index >= 15 is 0 Å². The smallest absolute Gasteiger partial charge is 0.416 e. The Morgan fingerprint density at radius 2 is 1.69 bits per heavy atom. The summed E-state index contributed by atoms with van der Waals surface area (Å²) in [6.45, 7) is -0.165. The van der Waals surface area contributed by atoms with Crippen LogP contribution in [0.15, 0.2) is 77.3 Å². The first-order valence-electron chi connectivity index (χ1n) is 9.71. The van der Waals surface area contributed by atoms with Crippen LogP contribution in [0.25, 0.3) is 0 Å². The second kappa shape index (κ2) is 8.43. The third kappa shape index (κ3) is 4.14. The lowest BCUT2D eigenvalue weighted by molar-refractivity contribution is -0.140. The van der Waals surface area contributed by atoms with Crippen LogP contribution in [-0.2, 0) is 17.5 Å². The van der Waals surface area contributed by atoms with Gasteiger partial charge in [-0.1, -0.05) is 58.4 Å². The molecule has 4 rings (SSSR count). The number of carboxylic acids is 1. The molecule has 3 aromatic rings. The summed E-state index contributed by atoms with van der Waals surface area (Å²) < 4.78 is 40.4. The summed E-state index contributed by atoms with van der Waals surface area (Å²) >= 11 is 3.34. The Balaban J connectivity index is 1.85. The van der Waals surface area contributed by atoms with Crippen LogP contribution in [-0.4, -0.2) is 21.9 Å². The van der Waals surface area contributed by atoms with Crippen LogP contribution >= 0.6 is 15.9 Å². The van der Waals surface area contributed by atoms with E-state index in [1.165, 1.54) is 17.0 Å². The molecule has 8 heteroatoms. The number of fused-ring (bicyclic) bond motifs is 1. The lowest BCUT2D eigenvalue weighted by Crippen LogP contribution is -2.44.